The van der Waals surface area contributed by atoms with Crippen molar-refractivity contribution in [1.82, 2.24) is 44.6 Å². The molecule has 5 aromatic rings. The number of fused-ring (bicyclic) bond motifs is 1. The number of ether oxygens (including phenoxy) is 2. The van der Waals surface area contributed by atoms with E-state index in [1.807, 2.05) is 42.4 Å². The number of hydrogen-bond donors (Lipinski definition) is 1. The van der Waals surface area contributed by atoms with E-state index < -0.39 is 12.0 Å². The van der Waals surface area contributed by atoms with Gasteiger partial charge >= 0.3 is 6.18 Å². The molecule has 14 heteroatoms. The monoisotopic (exact) mass is 619 g/mol. The molecule has 0 aliphatic carbocycles. The van der Waals surface area contributed by atoms with Crippen LogP contribution in [0.25, 0.3) is 22.6 Å². The Bertz CT molecular complexity index is 1790. The van der Waals surface area contributed by atoms with Crippen molar-refractivity contribution in [3.63, 3.8) is 0 Å². The molecule has 2 saturated heterocycles. The number of likely N-dealkylation sites (tertiary alicyclic amines) is 1. The largest absolute Gasteiger partial charge is 0.471 e. The van der Waals surface area contributed by atoms with Crippen molar-refractivity contribution in [2.45, 2.75) is 64.1 Å². The minimum atomic E-state index is -4.62. The minimum absolute atomic E-state index is 0.0937. The molecule has 0 radical (unpaired) electrons. The van der Waals surface area contributed by atoms with Crippen molar-refractivity contribution >= 4 is 11.0 Å². The summed E-state index contributed by atoms with van der Waals surface area (Å²) in [6, 6.07) is 13.4. The van der Waals surface area contributed by atoms with Crippen LogP contribution in [-0.4, -0.2) is 70.4 Å². The predicted octanol–water partition coefficient (Wildman–Crippen LogP) is 5.08. The zero-order valence-electron chi connectivity index (χ0n) is 24.7. The molecule has 0 aromatic carbocycles. The smallest absolute Gasteiger partial charge is 0.451 e. The zero-order valence-corrected chi connectivity index (χ0v) is 24.7. The van der Waals surface area contributed by atoms with Crippen LogP contribution in [-0.2, 0) is 30.6 Å². The summed E-state index contributed by atoms with van der Waals surface area (Å²) in [7, 11) is 0. The predicted molar refractivity (Wildman–Crippen MR) is 157 cm³/mol. The molecule has 0 bridgehead atoms. The number of imidazole rings is 1. The Labute approximate surface area is 256 Å². The highest BCUT2D eigenvalue weighted by atomic mass is 19.4. The van der Waals surface area contributed by atoms with Crippen LogP contribution in [0.1, 0.15) is 53.9 Å². The summed E-state index contributed by atoms with van der Waals surface area (Å²) in [6.07, 6.45) is -0.0429. The first-order valence-electron chi connectivity index (χ1n) is 15.0. The third kappa shape index (κ3) is 6.52. The molecular formula is C31H32F3N9O2. The zero-order chi connectivity index (χ0) is 31.0. The normalized spacial score (nSPS) is 17.9. The van der Waals surface area contributed by atoms with Crippen molar-refractivity contribution in [2.75, 3.05) is 19.7 Å². The lowest BCUT2D eigenvalue weighted by molar-refractivity contribution is -0.144. The Morgan fingerprint density at radius 3 is 2.58 bits per heavy atom. The van der Waals surface area contributed by atoms with Crippen molar-refractivity contribution in [1.29, 1.82) is 0 Å². The molecule has 5 aromatic heterocycles. The number of aryl methyl sites for hydroxylation is 1. The summed E-state index contributed by atoms with van der Waals surface area (Å²) in [4.78, 5) is 24.5. The molecule has 0 saturated carbocycles. The van der Waals surface area contributed by atoms with E-state index in [1.165, 1.54) is 0 Å². The van der Waals surface area contributed by atoms with E-state index in [2.05, 4.69) is 35.6 Å². The van der Waals surface area contributed by atoms with Crippen LogP contribution in [0.15, 0.2) is 48.7 Å². The van der Waals surface area contributed by atoms with Gasteiger partial charge in [0.15, 0.2) is 5.82 Å². The highest BCUT2D eigenvalue weighted by Gasteiger charge is 2.35. The molecule has 2 fully saturated rings. The summed E-state index contributed by atoms with van der Waals surface area (Å²) < 4.78 is 52.9. The van der Waals surface area contributed by atoms with E-state index in [4.69, 9.17) is 19.4 Å². The number of halogens is 3. The summed E-state index contributed by atoms with van der Waals surface area (Å²) in [6.45, 7) is 6.06. The number of nitrogens with zero attached hydrogens (tertiary/aromatic N) is 8. The second-order valence-electron chi connectivity index (χ2n) is 11.5. The van der Waals surface area contributed by atoms with Crippen molar-refractivity contribution in [3.8, 4) is 17.4 Å². The first kappa shape index (κ1) is 29.3. The van der Waals surface area contributed by atoms with Crippen LogP contribution in [0.2, 0.25) is 0 Å². The van der Waals surface area contributed by atoms with E-state index >= 15 is 0 Å². The molecule has 0 unspecified atom stereocenters. The molecule has 0 spiro atoms. The van der Waals surface area contributed by atoms with Gasteiger partial charge in [-0.1, -0.05) is 12.1 Å². The number of alkyl halides is 3. The lowest BCUT2D eigenvalue weighted by Crippen LogP contribution is -2.35. The minimum Gasteiger partial charge on any atom is -0.471 e. The fraction of sp³-hybridized carbons (Fsp3) is 0.419. The average molecular weight is 620 g/mol. The van der Waals surface area contributed by atoms with Gasteiger partial charge in [0, 0.05) is 30.0 Å². The number of pyridine rings is 3. The van der Waals surface area contributed by atoms with Gasteiger partial charge in [-0.05, 0) is 63.5 Å². The quantitative estimate of drug-likeness (QED) is 0.241. The molecule has 2 aliphatic rings. The lowest BCUT2D eigenvalue weighted by atomic mass is 9.93. The van der Waals surface area contributed by atoms with Gasteiger partial charge in [-0.25, -0.2) is 15.0 Å². The van der Waals surface area contributed by atoms with Crippen LogP contribution < -0.4 is 4.74 Å². The molecule has 7 heterocycles. The Kier molecular flexibility index (Phi) is 7.92. The van der Waals surface area contributed by atoms with Crippen LogP contribution in [0, 0.1) is 6.92 Å². The Balaban J connectivity index is 1.04. The maximum absolute atomic E-state index is 13.1. The van der Waals surface area contributed by atoms with Crippen molar-refractivity contribution in [3.05, 3.63) is 77.4 Å². The second kappa shape index (κ2) is 12.2. The summed E-state index contributed by atoms with van der Waals surface area (Å²) >= 11 is 0. The number of H-pyrrole nitrogens is 1. The van der Waals surface area contributed by atoms with Gasteiger partial charge in [0.05, 0.1) is 42.1 Å². The van der Waals surface area contributed by atoms with Gasteiger partial charge < -0.3 is 14.0 Å². The summed E-state index contributed by atoms with van der Waals surface area (Å²) in [5.41, 5.74) is 4.49. The Morgan fingerprint density at radius 1 is 1.02 bits per heavy atom. The van der Waals surface area contributed by atoms with E-state index in [1.54, 1.807) is 12.3 Å². The number of aromatic nitrogens is 8. The van der Waals surface area contributed by atoms with Gasteiger partial charge in [0.25, 0.3) is 0 Å². The summed E-state index contributed by atoms with van der Waals surface area (Å²) in [5, 5.41) is 5.67. The molecule has 7 rings (SSSR count). The van der Waals surface area contributed by atoms with E-state index in [9.17, 15) is 13.2 Å². The van der Waals surface area contributed by atoms with Crippen LogP contribution in [0.4, 0.5) is 13.2 Å². The fourth-order valence-electron chi connectivity index (χ4n) is 5.81. The third-order valence-corrected chi connectivity index (χ3v) is 8.31. The average Bonchev–Trinajstić information content (AvgIpc) is 3.64. The number of rotatable bonds is 9. The first-order valence-corrected chi connectivity index (χ1v) is 15.0. The fourth-order valence-corrected chi connectivity index (χ4v) is 5.81. The Hall–Kier alpha value is -4.43. The van der Waals surface area contributed by atoms with Gasteiger partial charge in [-0.2, -0.15) is 18.3 Å². The molecular weight excluding hydrogens is 587 g/mol. The van der Waals surface area contributed by atoms with Crippen molar-refractivity contribution in [2.24, 2.45) is 0 Å². The van der Waals surface area contributed by atoms with Crippen LogP contribution in [0.3, 0.4) is 0 Å². The maximum Gasteiger partial charge on any atom is 0.451 e. The van der Waals surface area contributed by atoms with Crippen molar-refractivity contribution < 1.29 is 22.6 Å². The van der Waals surface area contributed by atoms with Crippen LogP contribution in [0.5, 0.6) is 5.88 Å². The third-order valence-electron chi connectivity index (χ3n) is 8.31. The summed E-state index contributed by atoms with van der Waals surface area (Å²) in [5.74, 6) is 0.489. The van der Waals surface area contributed by atoms with E-state index in [0.29, 0.717) is 37.0 Å². The molecule has 234 valence electrons. The highest BCUT2D eigenvalue weighted by Crippen LogP contribution is 2.31. The molecule has 45 heavy (non-hydrogen) atoms. The van der Waals surface area contributed by atoms with E-state index in [0.717, 1.165) is 67.4 Å². The highest BCUT2D eigenvalue weighted by molar-refractivity contribution is 5.78. The van der Waals surface area contributed by atoms with E-state index in [-0.39, 0.29) is 17.6 Å². The van der Waals surface area contributed by atoms with Gasteiger partial charge in [0.2, 0.25) is 11.7 Å². The first-order chi connectivity index (χ1) is 21.8. The number of piperidine rings is 1. The number of hydrogen-bond acceptors (Lipinski definition) is 9. The lowest BCUT2D eigenvalue weighted by Gasteiger charge is -2.32. The van der Waals surface area contributed by atoms with Gasteiger partial charge in [-0.3, -0.25) is 20.0 Å². The molecule has 0 amide bonds. The molecule has 1 atom stereocenters. The molecule has 11 nitrogen and oxygen atoms in total. The van der Waals surface area contributed by atoms with Gasteiger partial charge in [0.1, 0.15) is 18.1 Å². The second-order valence-corrected chi connectivity index (χ2v) is 11.5. The van der Waals surface area contributed by atoms with Crippen LogP contribution >= 0.6 is 0 Å². The number of aromatic amines is 1. The molecule has 2 aliphatic heterocycles. The standard InChI is InChI=1S/C31H32F3N9O2/c1-19-4-2-5-21(36-19)18-45-28-7-3-6-23(38-28)20-8-11-42(12-9-20)17-27-37-24-14-25(29-39-30(41-40-29)31(32,33)34)35-15-26(24)43(27)16-22-10-13-44-22/h2-7,14-15,20,22H,8-13,16-18H2,1H3,(H,39,40,41)/t22-/m0/s1. The molecule has 1 N–H and O–H groups in total. The number of nitrogens with one attached hydrogen (secondary N) is 1. The maximum atomic E-state index is 13.1. The Morgan fingerprint density at radius 2 is 1.84 bits per heavy atom. The van der Waals surface area contributed by atoms with Gasteiger partial charge in [-0.15, -0.1) is 0 Å². The topological polar surface area (TPSA) is 120 Å². The SMILES string of the molecule is Cc1cccc(COc2cccc(C3CCN(Cc4nc5cc(-c6n[nH]c(C(F)(F)F)n6)ncc5n4C[C@@H]4CCO4)CC3)n2)n1.